The second-order valence-electron chi connectivity index (χ2n) is 1.80. The van der Waals surface area contributed by atoms with Crippen LogP contribution in [0.3, 0.4) is 0 Å². The minimum Gasteiger partial charge on any atom is -0.366 e. The van der Waals surface area contributed by atoms with Crippen LogP contribution < -0.4 is 5.23 Å². The van der Waals surface area contributed by atoms with Crippen LogP contribution in [0.5, 0.6) is 0 Å². The highest BCUT2D eigenvalue weighted by Crippen LogP contribution is 1.83. The van der Waals surface area contributed by atoms with Crippen LogP contribution in [0.4, 0.5) is 0 Å². The lowest BCUT2D eigenvalue weighted by molar-refractivity contribution is 0.636. The fourth-order valence-electron chi connectivity index (χ4n) is 0.236. The zero-order valence-corrected chi connectivity index (χ0v) is 4.36. The number of hydrogen-bond acceptors (Lipinski definition) is 1. The first-order valence-corrected chi connectivity index (χ1v) is 2.21. The molecule has 0 spiro atoms. The summed E-state index contributed by atoms with van der Waals surface area (Å²) in [5.74, 6) is 0.662. The first-order valence-electron chi connectivity index (χ1n) is 2.21. The van der Waals surface area contributed by atoms with E-state index in [1.54, 1.807) is 0 Å². The molecule has 0 unspecified atom stereocenters. The lowest BCUT2D eigenvalue weighted by Crippen LogP contribution is -2.14. The van der Waals surface area contributed by atoms with Gasteiger partial charge in [0.25, 0.3) is 0 Å². The molecule has 0 aromatic carbocycles. The Kier molecular flexibility index (Phi) is 3.24. The Morgan fingerprint density at radius 1 is 1.67 bits per heavy atom. The summed E-state index contributed by atoms with van der Waals surface area (Å²) in [6, 6.07) is 0. The molecule has 0 aromatic heterocycles. The summed E-state index contributed by atoms with van der Waals surface area (Å²) >= 11 is 0. The van der Waals surface area contributed by atoms with E-state index in [1.165, 1.54) is 0 Å². The second-order valence-corrected chi connectivity index (χ2v) is 1.80. The highest BCUT2D eigenvalue weighted by Gasteiger charge is 1.84. The average Bonchev–Trinajstić information content (AvgIpc) is 1.35. The van der Waals surface area contributed by atoms with E-state index in [2.05, 4.69) is 19.1 Å². The minimum absolute atomic E-state index is 0.662. The smallest absolute Gasteiger partial charge is 0.177 e. The Bertz CT molecular complexity index is 28.7. The molecule has 0 saturated heterocycles. The van der Waals surface area contributed by atoms with Gasteiger partial charge in [-0.1, -0.05) is 13.8 Å². The topological polar surface area (TPSA) is 12.0 Å². The number of rotatable bonds is 2. The highest BCUT2D eigenvalue weighted by molar-refractivity contribution is 6.04. The number of hydrogen-bond donors (Lipinski definition) is 1. The summed E-state index contributed by atoms with van der Waals surface area (Å²) < 4.78 is 0. The molecular formula is C4H10BN. The second kappa shape index (κ2) is 3.22. The fourth-order valence-corrected chi connectivity index (χ4v) is 0.236. The molecule has 0 aromatic rings. The Balaban J connectivity index is 2.63. The van der Waals surface area contributed by atoms with Crippen molar-refractivity contribution in [1.29, 1.82) is 0 Å². The highest BCUT2D eigenvalue weighted by atomic mass is 14.7. The van der Waals surface area contributed by atoms with Crippen LogP contribution in [-0.4, -0.2) is 14.5 Å². The van der Waals surface area contributed by atoms with E-state index in [0.29, 0.717) is 5.92 Å². The van der Waals surface area contributed by atoms with Crippen LogP contribution in [0.25, 0.3) is 0 Å². The molecule has 6 heavy (non-hydrogen) atoms. The Morgan fingerprint density at radius 3 is 2.17 bits per heavy atom. The van der Waals surface area contributed by atoms with Crippen LogP contribution in [0.1, 0.15) is 13.8 Å². The SMILES string of the molecule is [B]NCC(C)C. The maximum Gasteiger partial charge on any atom is 0.177 e. The van der Waals surface area contributed by atoms with Gasteiger partial charge < -0.3 is 5.23 Å². The van der Waals surface area contributed by atoms with Crippen LogP contribution >= 0.6 is 0 Å². The molecule has 0 bridgehead atoms. The predicted molar refractivity (Wildman–Crippen MR) is 28.6 cm³/mol. The monoisotopic (exact) mass is 83.1 g/mol. The van der Waals surface area contributed by atoms with E-state index in [4.69, 9.17) is 7.98 Å². The molecule has 2 radical (unpaired) electrons. The maximum atomic E-state index is 4.98. The summed E-state index contributed by atoms with van der Waals surface area (Å²) in [5.41, 5.74) is 0. The third kappa shape index (κ3) is 4.02. The van der Waals surface area contributed by atoms with Gasteiger partial charge >= 0.3 is 0 Å². The lowest BCUT2D eigenvalue weighted by Gasteiger charge is -1.98. The van der Waals surface area contributed by atoms with Gasteiger partial charge in [0.05, 0.1) is 0 Å². The standard InChI is InChI=1S/C4H10BN/c1-4(2)3-6-5/h4,6H,3H2,1-2H3. The van der Waals surface area contributed by atoms with Crippen molar-refractivity contribution < 1.29 is 0 Å². The lowest BCUT2D eigenvalue weighted by atomic mass is 10.2. The zero-order valence-electron chi connectivity index (χ0n) is 4.36. The van der Waals surface area contributed by atoms with Gasteiger partial charge in [-0.3, -0.25) is 0 Å². The first kappa shape index (κ1) is 6.02. The molecule has 2 heteroatoms. The molecular weight excluding hydrogens is 72.9 g/mol. The normalized spacial score (nSPS) is 9.83. The van der Waals surface area contributed by atoms with E-state index >= 15 is 0 Å². The van der Waals surface area contributed by atoms with E-state index in [1.807, 2.05) is 0 Å². The molecule has 1 nitrogen and oxygen atoms in total. The van der Waals surface area contributed by atoms with Gasteiger partial charge in [-0.05, 0) is 12.5 Å². The first-order chi connectivity index (χ1) is 2.77. The van der Waals surface area contributed by atoms with Crippen molar-refractivity contribution in [2.45, 2.75) is 13.8 Å². The average molecular weight is 82.9 g/mol. The van der Waals surface area contributed by atoms with Crippen molar-refractivity contribution in [2.24, 2.45) is 5.92 Å². The molecule has 0 fully saturated rings. The van der Waals surface area contributed by atoms with Crippen molar-refractivity contribution >= 4 is 7.98 Å². The Labute approximate surface area is 40.6 Å². The maximum absolute atomic E-state index is 4.98. The van der Waals surface area contributed by atoms with E-state index in [-0.39, 0.29) is 0 Å². The van der Waals surface area contributed by atoms with E-state index in [0.717, 1.165) is 6.54 Å². The summed E-state index contributed by atoms with van der Waals surface area (Å²) in [6.45, 7) is 5.12. The molecule has 0 atom stereocenters. The van der Waals surface area contributed by atoms with Crippen molar-refractivity contribution in [3.8, 4) is 0 Å². The van der Waals surface area contributed by atoms with E-state index in [9.17, 15) is 0 Å². The minimum atomic E-state index is 0.662. The molecule has 0 aliphatic carbocycles. The predicted octanol–water partition coefficient (Wildman–Crippen LogP) is 0.315. The summed E-state index contributed by atoms with van der Waals surface area (Å²) in [4.78, 5) is 0. The Hall–Kier alpha value is 0.0249. The quantitative estimate of drug-likeness (QED) is 0.474. The van der Waals surface area contributed by atoms with Crippen molar-refractivity contribution in [3.05, 3.63) is 0 Å². The van der Waals surface area contributed by atoms with Crippen molar-refractivity contribution in [3.63, 3.8) is 0 Å². The van der Waals surface area contributed by atoms with Gasteiger partial charge in [-0.2, -0.15) is 0 Å². The van der Waals surface area contributed by atoms with Crippen LogP contribution in [-0.2, 0) is 0 Å². The number of nitrogens with one attached hydrogen (secondary N) is 1. The zero-order chi connectivity index (χ0) is 4.99. The molecule has 0 amide bonds. The van der Waals surface area contributed by atoms with E-state index < -0.39 is 0 Å². The Morgan fingerprint density at radius 2 is 2.17 bits per heavy atom. The summed E-state index contributed by atoms with van der Waals surface area (Å²) in [7, 11) is 4.98. The van der Waals surface area contributed by atoms with Crippen LogP contribution in [0, 0.1) is 5.92 Å². The fraction of sp³-hybridized carbons (Fsp3) is 1.00. The molecule has 0 aliphatic heterocycles. The van der Waals surface area contributed by atoms with Crippen molar-refractivity contribution in [1.82, 2.24) is 5.23 Å². The van der Waals surface area contributed by atoms with Crippen LogP contribution in [0.2, 0.25) is 0 Å². The summed E-state index contributed by atoms with van der Waals surface area (Å²) in [5, 5.41) is 2.57. The van der Waals surface area contributed by atoms with Gasteiger partial charge in [-0.15, -0.1) is 0 Å². The summed E-state index contributed by atoms with van der Waals surface area (Å²) in [6.07, 6.45) is 0. The molecule has 1 N–H and O–H groups in total. The molecule has 0 rings (SSSR count). The van der Waals surface area contributed by atoms with Crippen molar-refractivity contribution in [2.75, 3.05) is 6.54 Å². The van der Waals surface area contributed by atoms with Gasteiger partial charge in [-0.25, -0.2) is 0 Å². The molecule has 0 heterocycles. The van der Waals surface area contributed by atoms with Gasteiger partial charge in [0.2, 0.25) is 0 Å². The third-order valence-corrected chi connectivity index (χ3v) is 0.526. The largest absolute Gasteiger partial charge is 0.366 e. The molecule has 0 saturated carbocycles. The van der Waals surface area contributed by atoms with Gasteiger partial charge in [0, 0.05) is 0 Å². The van der Waals surface area contributed by atoms with Gasteiger partial charge in [0.15, 0.2) is 7.98 Å². The van der Waals surface area contributed by atoms with Gasteiger partial charge in [0.1, 0.15) is 0 Å². The van der Waals surface area contributed by atoms with Crippen LogP contribution in [0.15, 0.2) is 0 Å². The third-order valence-electron chi connectivity index (χ3n) is 0.526. The molecule has 34 valence electrons. The molecule has 0 aliphatic rings.